The van der Waals surface area contributed by atoms with Crippen LogP contribution in [0.5, 0.6) is 11.5 Å². The number of aliphatic carboxylic acids is 2. The lowest BCUT2D eigenvalue weighted by Crippen LogP contribution is -2.57. The molecule has 2 aromatic rings. The average molecular weight is 531 g/mol. The molecule has 0 spiro atoms. The number of nitrogens with two attached hydrogens (primary N) is 1. The fourth-order valence-electron chi connectivity index (χ4n) is 3.48. The van der Waals surface area contributed by atoms with Crippen LogP contribution in [-0.2, 0) is 36.8 Å². The molecule has 0 aliphatic heterocycles. The monoisotopic (exact) mass is 530 g/mol. The molecule has 38 heavy (non-hydrogen) atoms. The highest BCUT2D eigenvalue weighted by Crippen LogP contribution is 2.14. The van der Waals surface area contributed by atoms with Gasteiger partial charge in [-0.1, -0.05) is 24.3 Å². The molecule has 3 amide bonds. The van der Waals surface area contributed by atoms with E-state index < -0.39 is 60.8 Å². The van der Waals surface area contributed by atoms with E-state index in [4.69, 9.17) is 10.8 Å². The van der Waals surface area contributed by atoms with E-state index in [1.807, 2.05) is 0 Å². The van der Waals surface area contributed by atoms with Crippen molar-refractivity contribution in [3.63, 3.8) is 0 Å². The van der Waals surface area contributed by atoms with Gasteiger partial charge in [0.2, 0.25) is 17.7 Å². The first kappa shape index (κ1) is 29.6. The normalized spacial score (nSPS) is 13.0. The molecule has 0 saturated heterocycles. The summed E-state index contributed by atoms with van der Waals surface area (Å²) in [5.74, 6) is -5.02. The first-order chi connectivity index (χ1) is 18.0. The maximum Gasteiger partial charge on any atom is 0.326 e. The Balaban J connectivity index is 2.29. The van der Waals surface area contributed by atoms with Crippen molar-refractivity contribution in [2.75, 3.05) is 6.54 Å². The number of nitrogens with one attached hydrogen (secondary N) is 3. The third-order valence-electron chi connectivity index (χ3n) is 5.48. The topological polar surface area (TPSA) is 228 Å². The Morgan fingerprint density at radius 3 is 1.50 bits per heavy atom. The predicted molar refractivity (Wildman–Crippen MR) is 133 cm³/mol. The van der Waals surface area contributed by atoms with Gasteiger partial charge in [0.05, 0.1) is 6.54 Å². The number of carboxylic acids is 2. The molecule has 2 rings (SSSR count). The van der Waals surface area contributed by atoms with Gasteiger partial charge < -0.3 is 42.1 Å². The summed E-state index contributed by atoms with van der Waals surface area (Å²) in [4.78, 5) is 60.8. The second-order valence-electron chi connectivity index (χ2n) is 8.46. The third-order valence-corrected chi connectivity index (χ3v) is 5.48. The van der Waals surface area contributed by atoms with Gasteiger partial charge in [0.25, 0.3) is 0 Å². The van der Waals surface area contributed by atoms with E-state index in [1.165, 1.54) is 36.4 Å². The lowest BCUT2D eigenvalue weighted by atomic mass is 10.0. The molecular weight excluding hydrogens is 500 g/mol. The lowest BCUT2D eigenvalue weighted by Gasteiger charge is -2.25. The van der Waals surface area contributed by atoms with Gasteiger partial charge in [-0.05, 0) is 41.8 Å². The van der Waals surface area contributed by atoms with Gasteiger partial charge >= 0.3 is 11.9 Å². The molecule has 0 bridgehead atoms. The number of carbonyl (C=O) groups excluding carboxylic acids is 3. The minimum Gasteiger partial charge on any atom is -0.508 e. The highest BCUT2D eigenvalue weighted by atomic mass is 16.4. The summed E-state index contributed by atoms with van der Waals surface area (Å²) in [5.41, 5.74) is 6.47. The number of amides is 3. The molecule has 13 heteroatoms. The zero-order valence-corrected chi connectivity index (χ0v) is 20.3. The van der Waals surface area contributed by atoms with Crippen molar-refractivity contribution in [2.24, 2.45) is 5.73 Å². The van der Waals surface area contributed by atoms with Gasteiger partial charge in [-0.3, -0.25) is 19.2 Å². The van der Waals surface area contributed by atoms with E-state index in [1.54, 1.807) is 12.1 Å². The first-order valence-electron chi connectivity index (χ1n) is 11.6. The lowest BCUT2D eigenvalue weighted by molar-refractivity contribution is -0.143. The van der Waals surface area contributed by atoms with E-state index in [-0.39, 0.29) is 30.8 Å². The smallest absolute Gasteiger partial charge is 0.326 e. The minimum atomic E-state index is -1.53. The summed E-state index contributed by atoms with van der Waals surface area (Å²) in [7, 11) is 0. The fraction of sp³-hybridized carbons (Fsp3) is 0.320. The van der Waals surface area contributed by atoms with E-state index in [0.29, 0.717) is 11.1 Å². The van der Waals surface area contributed by atoms with Gasteiger partial charge in [0.15, 0.2) is 0 Å². The molecule has 3 unspecified atom stereocenters. The SMILES string of the molecule is NCC(=O)NC(Cc1ccc(O)cc1)C(=O)NC(Cc1ccc(O)cc1)C(=O)NC(CCC(=O)O)C(=O)O. The molecule has 0 fully saturated rings. The largest absolute Gasteiger partial charge is 0.508 e. The molecule has 0 radical (unpaired) electrons. The van der Waals surface area contributed by atoms with Crippen LogP contribution in [0.1, 0.15) is 24.0 Å². The van der Waals surface area contributed by atoms with Crippen LogP contribution in [0.3, 0.4) is 0 Å². The number of carboxylic acid groups (broad SMARTS) is 2. The van der Waals surface area contributed by atoms with Gasteiger partial charge in [0.1, 0.15) is 29.6 Å². The number of hydrogen-bond donors (Lipinski definition) is 8. The van der Waals surface area contributed by atoms with Crippen LogP contribution in [0.4, 0.5) is 0 Å². The summed E-state index contributed by atoms with van der Waals surface area (Å²) in [6.45, 7) is -0.402. The number of phenolic OH excluding ortho intramolecular Hbond substituents is 2. The number of benzene rings is 2. The van der Waals surface area contributed by atoms with Crippen LogP contribution in [0.15, 0.2) is 48.5 Å². The first-order valence-corrected chi connectivity index (χ1v) is 11.6. The van der Waals surface area contributed by atoms with Crippen molar-refractivity contribution in [2.45, 2.75) is 43.8 Å². The Morgan fingerprint density at radius 1 is 0.684 bits per heavy atom. The zero-order valence-electron chi connectivity index (χ0n) is 20.3. The van der Waals surface area contributed by atoms with Crippen molar-refractivity contribution in [1.82, 2.24) is 16.0 Å². The van der Waals surface area contributed by atoms with Crippen LogP contribution in [0.25, 0.3) is 0 Å². The highest BCUT2D eigenvalue weighted by molar-refractivity contribution is 5.94. The van der Waals surface area contributed by atoms with E-state index in [0.717, 1.165) is 0 Å². The second kappa shape index (κ2) is 14.2. The van der Waals surface area contributed by atoms with Gasteiger partial charge in [-0.15, -0.1) is 0 Å². The quantitative estimate of drug-likeness (QED) is 0.152. The Bertz CT molecular complexity index is 1140. The number of carbonyl (C=O) groups is 5. The molecule has 13 nitrogen and oxygen atoms in total. The van der Waals surface area contributed by atoms with Crippen molar-refractivity contribution >= 4 is 29.7 Å². The zero-order chi connectivity index (χ0) is 28.2. The van der Waals surface area contributed by atoms with Gasteiger partial charge in [0, 0.05) is 19.3 Å². The summed E-state index contributed by atoms with van der Waals surface area (Å²) in [6.07, 6.45) is -1.01. The Hall–Kier alpha value is -4.65. The molecule has 0 aromatic heterocycles. The van der Waals surface area contributed by atoms with E-state index >= 15 is 0 Å². The maximum atomic E-state index is 13.2. The van der Waals surface area contributed by atoms with Crippen molar-refractivity contribution in [3.05, 3.63) is 59.7 Å². The number of phenols is 2. The third kappa shape index (κ3) is 9.78. The van der Waals surface area contributed by atoms with Crippen LogP contribution in [0, 0.1) is 0 Å². The van der Waals surface area contributed by atoms with E-state index in [2.05, 4.69) is 16.0 Å². The molecule has 0 heterocycles. The summed E-state index contributed by atoms with van der Waals surface area (Å²) in [6, 6.07) is 7.62. The summed E-state index contributed by atoms with van der Waals surface area (Å²) < 4.78 is 0. The van der Waals surface area contributed by atoms with Gasteiger partial charge in [-0.25, -0.2) is 4.79 Å². The van der Waals surface area contributed by atoms with Crippen LogP contribution in [0.2, 0.25) is 0 Å². The molecule has 3 atom stereocenters. The molecule has 0 saturated carbocycles. The molecule has 204 valence electrons. The number of rotatable bonds is 14. The predicted octanol–water partition coefficient (Wildman–Crippen LogP) is -0.754. The Labute approximate surface area is 217 Å². The molecule has 0 aliphatic carbocycles. The second-order valence-corrected chi connectivity index (χ2v) is 8.46. The maximum absolute atomic E-state index is 13.2. The van der Waals surface area contributed by atoms with Crippen LogP contribution in [-0.4, -0.2) is 74.8 Å². The fourth-order valence-corrected chi connectivity index (χ4v) is 3.48. The standard InChI is InChI=1S/C25H30N4O9/c26-13-21(32)27-19(11-14-1-5-16(30)6-2-14)23(35)29-20(12-15-3-7-17(31)8-4-15)24(36)28-18(25(37)38)9-10-22(33)34/h1-8,18-20,30-31H,9-13,26H2,(H,27,32)(H,28,36)(H,29,35)(H,33,34)(H,37,38). The average Bonchev–Trinajstić information content (AvgIpc) is 2.87. The number of hydrogen-bond acceptors (Lipinski definition) is 8. The van der Waals surface area contributed by atoms with Crippen molar-refractivity contribution in [3.8, 4) is 11.5 Å². The molecular formula is C25H30N4O9. The molecule has 9 N–H and O–H groups in total. The molecule has 2 aromatic carbocycles. The van der Waals surface area contributed by atoms with Crippen molar-refractivity contribution in [1.29, 1.82) is 0 Å². The van der Waals surface area contributed by atoms with E-state index in [9.17, 15) is 39.3 Å². The molecule has 0 aliphatic rings. The summed E-state index contributed by atoms with van der Waals surface area (Å²) in [5, 5.41) is 44.6. The number of aromatic hydroxyl groups is 2. The minimum absolute atomic E-state index is 0.00209. The van der Waals surface area contributed by atoms with Crippen LogP contribution >= 0.6 is 0 Å². The summed E-state index contributed by atoms with van der Waals surface area (Å²) >= 11 is 0. The Morgan fingerprint density at radius 2 is 1.11 bits per heavy atom. The Kier molecular flexibility index (Phi) is 11.0. The van der Waals surface area contributed by atoms with Crippen molar-refractivity contribution < 1.29 is 44.4 Å². The van der Waals surface area contributed by atoms with Gasteiger partial charge in [-0.2, -0.15) is 0 Å². The van der Waals surface area contributed by atoms with Crippen LogP contribution < -0.4 is 21.7 Å². The highest BCUT2D eigenvalue weighted by Gasteiger charge is 2.30.